The Morgan fingerprint density at radius 2 is 1.76 bits per heavy atom. The number of hydrogen-bond donors (Lipinski definition) is 1. The number of nitrogens with zero attached hydrogens (tertiary/aromatic N) is 1. The molecule has 0 aromatic heterocycles. The second-order valence-electron chi connectivity index (χ2n) is 8.89. The molecule has 1 atom stereocenters. The number of benzene rings is 3. The van der Waals surface area contributed by atoms with Crippen LogP contribution in [0, 0.1) is 5.82 Å². The summed E-state index contributed by atoms with van der Waals surface area (Å²) in [5.41, 5.74) is 1.35. The van der Waals surface area contributed by atoms with E-state index in [2.05, 4.69) is 5.32 Å². The van der Waals surface area contributed by atoms with Crippen molar-refractivity contribution in [1.82, 2.24) is 0 Å². The van der Waals surface area contributed by atoms with Crippen molar-refractivity contribution in [3.63, 3.8) is 0 Å². The largest absolute Gasteiger partial charge is 0.476 e. The molecule has 3 aromatic carbocycles. The molecule has 1 aliphatic heterocycles. The molecule has 0 spiro atoms. The molecule has 8 heteroatoms. The maximum Gasteiger partial charge on any atom is 0.267 e. The first-order valence-electron chi connectivity index (χ1n) is 10.5. The Kier molecular flexibility index (Phi) is 5.88. The van der Waals surface area contributed by atoms with Crippen LogP contribution in [-0.2, 0) is 20.2 Å². The summed E-state index contributed by atoms with van der Waals surface area (Å²) in [6, 6.07) is 18.9. The molecule has 0 saturated carbocycles. The van der Waals surface area contributed by atoms with E-state index in [4.69, 9.17) is 4.74 Å². The van der Waals surface area contributed by atoms with Crippen molar-refractivity contribution in [3.8, 4) is 5.75 Å². The van der Waals surface area contributed by atoms with Crippen molar-refractivity contribution in [2.75, 3.05) is 16.2 Å². The fraction of sp³-hybridized carbons (Fsp3) is 0.240. The Bertz CT molecular complexity index is 1290. The summed E-state index contributed by atoms with van der Waals surface area (Å²) >= 11 is 0. The Labute approximate surface area is 193 Å². The van der Waals surface area contributed by atoms with Crippen LogP contribution in [0.4, 0.5) is 15.8 Å². The Morgan fingerprint density at radius 3 is 2.42 bits per heavy atom. The molecule has 1 amide bonds. The number of anilines is 2. The zero-order valence-electron chi connectivity index (χ0n) is 18.6. The van der Waals surface area contributed by atoms with Crippen LogP contribution in [0.3, 0.4) is 0 Å². The molecule has 1 aliphatic rings. The van der Waals surface area contributed by atoms with E-state index >= 15 is 0 Å². The highest BCUT2D eigenvalue weighted by Crippen LogP contribution is 2.40. The molecule has 0 bridgehead atoms. The lowest BCUT2D eigenvalue weighted by atomic mass is 9.86. The third kappa shape index (κ3) is 4.71. The maximum absolute atomic E-state index is 13.6. The second kappa shape index (κ2) is 8.51. The first-order valence-corrected chi connectivity index (χ1v) is 11.9. The van der Waals surface area contributed by atoms with Crippen LogP contribution in [-0.4, -0.2) is 27.0 Å². The number of ether oxygens (including phenoxy) is 1. The summed E-state index contributed by atoms with van der Waals surface area (Å²) in [4.78, 5) is 13.1. The predicted octanol–water partition coefficient (Wildman–Crippen LogP) is 4.72. The second-order valence-corrected chi connectivity index (χ2v) is 10.8. The Balaban J connectivity index is 1.74. The predicted molar refractivity (Wildman–Crippen MR) is 126 cm³/mol. The summed E-state index contributed by atoms with van der Waals surface area (Å²) in [5.74, 6) is -0.779. The molecular weight excluding hydrogens is 443 g/mol. The fourth-order valence-electron chi connectivity index (χ4n) is 3.59. The van der Waals surface area contributed by atoms with Crippen LogP contribution < -0.4 is 14.4 Å². The van der Waals surface area contributed by atoms with E-state index in [0.29, 0.717) is 5.69 Å². The molecule has 0 aliphatic carbocycles. The Hall–Kier alpha value is -3.39. The summed E-state index contributed by atoms with van der Waals surface area (Å²) in [7, 11) is -3.97. The number of carbonyl (C=O) groups excluding carboxylic acids is 1. The lowest BCUT2D eigenvalue weighted by Crippen LogP contribution is -2.49. The Morgan fingerprint density at radius 1 is 1.03 bits per heavy atom. The van der Waals surface area contributed by atoms with Gasteiger partial charge < -0.3 is 10.1 Å². The lowest BCUT2D eigenvalue weighted by molar-refractivity contribution is -0.122. The van der Waals surface area contributed by atoms with Crippen LogP contribution in [0.15, 0.2) is 77.7 Å². The third-order valence-corrected chi connectivity index (χ3v) is 7.20. The van der Waals surface area contributed by atoms with Gasteiger partial charge in [-0.05, 0) is 53.4 Å². The molecule has 0 fully saturated rings. The van der Waals surface area contributed by atoms with Crippen LogP contribution in [0.5, 0.6) is 5.75 Å². The van der Waals surface area contributed by atoms with Crippen LogP contribution >= 0.6 is 0 Å². The first-order chi connectivity index (χ1) is 15.6. The van der Waals surface area contributed by atoms with Gasteiger partial charge in [-0.2, -0.15) is 0 Å². The molecule has 33 heavy (non-hydrogen) atoms. The number of carbonyl (C=O) groups is 1. The van der Waals surface area contributed by atoms with Crippen molar-refractivity contribution in [1.29, 1.82) is 0 Å². The minimum atomic E-state index is -3.97. The van der Waals surface area contributed by atoms with Crippen LogP contribution in [0.1, 0.15) is 26.3 Å². The third-order valence-electron chi connectivity index (χ3n) is 5.41. The molecule has 0 radical (unpaired) electrons. The quantitative estimate of drug-likeness (QED) is 0.601. The number of rotatable bonds is 4. The number of nitrogens with one attached hydrogen (secondary N) is 1. The van der Waals surface area contributed by atoms with Crippen molar-refractivity contribution in [2.24, 2.45) is 0 Å². The van der Waals surface area contributed by atoms with Gasteiger partial charge in [-0.15, -0.1) is 0 Å². The summed E-state index contributed by atoms with van der Waals surface area (Å²) in [6.45, 7) is 5.87. The molecule has 1 N–H and O–H groups in total. The highest BCUT2D eigenvalue weighted by Gasteiger charge is 2.38. The molecule has 3 aromatic rings. The summed E-state index contributed by atoms with van der Waals surface area (Å²) < 4.78 is 47.8. The average molecular weight is 469 g/mol. The van der Waals surface area contributed by atoms with Crippen molar-refractivity contribution in [2.45, 2.75) is 37.2 Å². The normalized spacial score (nSPS) is 16.0. The first kappa shape index (κ1) is 22.8. The highest BCUT2D eigenvalue weighted by molar-refractivity contribution is 7.92. The van der Waals surface area contributed by atoms with Crippen LogP contribution in [0.25, 0.3) is 0 Å². The van der Waals surface area contributed by atoms with E-state index in [1.54, 1.807) is 36.4 Å². The van der Waals surface area contributed by atoms with E-state index in [1.165, 1.54) is 34.6 Å². The molecule has 6 nitrogen and oxygen atoms in total. The van der Waals surface area contributed by atoms with E-state index in [-0.39, 0.29) is 28.3 Å². The standard InChI is InChI=1S/C25H25FN2O4S/c1-25(2,3)17-12-13-22-21(14-17)28(33(30,31)20-10-5-4-6-11-20)16-23(32-22)24(29)27-19-9-7-8-18(26)15-19/h4-15,23H,16H2,1-3H3,(H,27,29)/t23-/m0/s1. The van der Waals surface area contributed by atoms with Gasteiger partial charge in [0.1, 0.15) is 11.6 Å². The van der Waals surface area contributed by atoms with Crippen molar-refractivity contribution in [3.05, 3.63) is 84.2 Å². The van der Waals surface area contributed by atoms with Gasteiger partial charge in [-0.3, -0.25) is 9.10 Å². The van der Waals surface area contributed by atoms with Crippen molar-refractivity contribution >= 4 is 27.3 Å². The highest BCUT2D eigenvalue weighted by atomic mass is 32.2. The lowest BCUT2D eigenvalue weighted by Gasteiger charge is -2.36. The monoisotopic (exact) mass is 468 g/mol. The van der Waals surface area contributed by atoms with Gasteiger partial charge in [0.2, 0.25) is 0 Å². The molecule has 1 heterocycles. The van der Waals surface area contributed by atoms with Crippen molar-refractivity contribution < 1.29 is 22.3 Å². The molecular formula is C25H25FN2O4S. The van der Waals surface area contributed by atoms with Crippen LogP contribution in [0.2, 0.25) is 0 Å². The molecule has 4 rings (SSSR count). The average Bonchev–Trinajstić information content (AvgIpc) is 2.78. The van der Waals surface area contributed by atoms with Gasteiger partial charge in [0.25, 0.3) is 15.9 Å². The zero-order chi connectivity index (χ0) is 23.8. The number of halogens is 1. The number of amides is 1. The van der Waals surface area contributed by atoms with Gasteiger partial charge in [0, 0.05) is 5.69 Å². The van der Waals surface area contributed by atoms with Gasteiger partial charge in [0.05, 0.1) is 17.1 Å². The summed E-state index contributed by atoms with van der Waals surface area (Å²) in [5, 5.41) is 2.61. The minimum Gasteiger partial charge on any atom is -0.476 e. The molecule has 172 valence electrons. The van der Waals surface area contributed by atoms with E-state index in [1.807, 2.05) is 26.8 Å². The number of fused-ring (bicyclic) bond motifs is 1. The van der Waals surface area contributed by atoms with Gasteiger partial charge in [-0.1, -0.05) is 51.1 Å². The zero-order valence-corrected chi connectivity index (χ0v) is 19.4. The van der Waals surface area contributed by atoms with E-state index in [9.17, 15) is 17.6 Å². The topological polar surface area (TPSA) is 75.7 Å². The van der Waals surface area contributed by atoms with Gasteiger partial charge >= 0.3 is 0 Å². The number of hydrogen-bond acceptors (Lipinski definition) is 4. The SMILES string of the molecule is CC(C)(C)c1ccc2c(c1)N(S(=O)(=O)c1ccccc1)C[C@@H](C(=O)Nc1cccc(F)c1)O2. The molecule has 0 unspecified atom stereocenters. The van der Waals surface area contributed by atoms with Gasteiger partial charge in [0.15, 0.2) is 6.10 Å². The van der Waals surface area contributed by atoms with E-state index in [0.717, 1.165) is 5.56 Å². The van der Waals surface area contributed by atoms with E-state index < -0.39 is 27.9 Å². The van der Waals surface area contributed by atoms with Gasteiger partial charge in [-0.25, -0.2) is 12.8 Å². The smallest absolute Gasteiger partial charge is 0.267 e. The minimum absolute atomic E-state index is 0.114. The molecule has 0 saturated heterocycles. The fourth-order valence-corrected chi connectivity index (χ4v) is 5.08. The summed E-state index contributed by atoms with van der Waals surface area (Å²) in [6.07, 6.45) is -1.13. The maximum atomic E-state index is 13.6. The number of sulfonamides is 1.